The molecule has 0 aromatic heterocycles. The van der Waals surface area contributed by atoms with Crippen LogP contribution in [0, 0.1) is 17.3 Å². The van der Waals surface area contributed by atoms with Crippen molar-refractivity contribution in [1.82, 2.24) is 0 Å². The first kappa shape index (κ1) is 19.3. The molecule has 0 unspecified atom stereocenters. The summed E-state index contributed by atoms with van der Waals surface area (Å²) in [6, 6.07) is 0. The summed E-state index contributed by atoms with van der Waals surface area (Å²) in [7, 11) is 0. The highest BCUT2D eigenvalue weighted by Gasteiger charge is 2.27. The van der Waals surface area contributed by atoms with Crippen molar-refractivity contribution in [2.45, 2.75) is 73.8 Å². The van der Waals surface area contributed by atoms with Crippen LogP contribution in [0.5, 0.6) is 0 Å². The summed E-state index contributed by atoms with van der Waals surface area (Å²) in [6.45, 7) is 15.9. The summed E-state index contributed by atoms with van der Waals surface area (Å²) < 4.78 is 5.51. The van der Waals surface area contributed by atoms with Crippen LogP contribution < -0.4 is 0 Å². The highest BCUT2D eigenvalue weighted by atomic mass is 16.5. The van der Waals surface area contributed by atoms with Crippen LogP contribution in [0.3, 0.4) is 0 Å². The van der Waals surface area contributed by atoms with E-state index in [9.17, 15) is 9.59 Å². The van der Waals surface area contributed by atoms with E-state index in [-0.39, 0.29) is 35.1 Å². The summed E-state index contributed by atoms with van der Waals surface area (Å²) in [4.78, 5) is 24.1. The van der Waals surface area contributed by atoms with Crippen LogP contribution >= 0.6 is 0 Å². The van der Waals surface area contributed by atoms with Crippen LogP contribution in [0.4, 0.5) is 0 Å². The normalized spacial score (nSPS) is 14.4. The lowest BCUT2D eigenvalue weighted by Crippen LogP contribution is -2.28. The molecule has 0 spiro atoms. The van der Waals surface area contributed by atoms with E-state index in [1.165, 1.54) is 0 Å². The Kier molecular flexibility index (Phi) is 7.09. The number of carbonyl (C=O) groups is 2. The zero-order valence-corrected chi connectivity index (χ0v) is 14.5. The molecule has 3 nitrogen and oxygen atoms in total. The number of ketones is 2. The predicted molar refractivity (Wildman–Crippen MR) is 82.7 cm³/mol. The van der Waals surface area contributed by atoms with Crippen molar-refractivity contribution in [1.29, 1.82) is 0 Å². The van der Waals surface area contributed by atoms with Crippen molar-refractivity contribution in [2.24, 2.45) is 17.3 Å². The first-order valence-corrected chi connectivity index (χ1v) is 7.52. The lowest BCUT2D eigenvalue weighted by molar-refractivity contribution is -0.131. The van der Waals surface area contributed by atoms with Gasteiger partial charge in [-0.3, -0.25) is 9.59 Å². The van der Waals surface area contributed by atoms with Crippen molar-refractivity contribution in [2.75, 3.05) is 6.61 Å². The maximum atomic E-state index is 12.1. The molecule has 0 aromatic carbocycles. The molecular formula is C17H32O3. The van der Waals surface area contributed by atoms with Crippen LogP contribution in [0.25, 0.3) is 0 Å². The van der Waals surface area contributed by atoms with Crippen LogP contribution in [-0.4, -0.2) is 23.8 Å². The average molecular weight is 284 g/mol. The molecule has 0 saturated carbocycles. The largest absolute Gasteiger partial charge is 0.368 e. The Balaban J connectivity index is 4.49. The SMILES string of the molecule is CC(C)[C@@H](CC(=O)COC(C)(C)C)CC(=O)C(C)(C)C. The number of ether oxygens (including phenoxy) is 1. The minimum atomic E-state index is -0.335. The van der Waals surface area contributed by atoms with E-state index >= 15 is 0 Å². The van der Waals surface area contributed by atoms with Crippen LogP contribution in [0.2, 0.25) is 0 Å². The summed E-state index contributed by atoms with van der Waals surface area (Å²) in [5.41, 5.74) is -0.637. The molecule has 0 aliphatic heterocycles. The highest BCUT2D eigenvalue weighted by Crippen LogP contribution is 2.26. The standard InChI is InChI=1S/C17H32O3/c1-12(2)13(10-15(19)16(3,4)5)9-14(18)11-20-17(6,7)8/h12-13H,9-11H2,1-8H3/t13-/m0/s1. The third kappa shape index (κ3) is 8.47. The molecule has 1 atom stereocenters. The van der Waals surface area contributed by atoms with Gasteiger partial charge in [0.25, 0.3) is 0 Å². The lowest BCUT2D eigenvalue weighted by atomic mass is 9.79. The third-order valence-corrected chi connectivity index (χ3v) is 3.38. The Morgan fingerprint density at radius 3 is 1.80 bits per heavy atom. The predicted octanol–water partition coefficient (Wildman–Crippen LogP) is 4.04. The van der Waals surface area contributed by atoms with E-state index in [0.29, 0.717) is 18.8 Å². The van der Waals surface area contributed by atoms with Gasteiger partial charge in [0.1, 0.15) is 12.4 Å². The van der Waals surface area contributed by atoms with Crippen molar-refractivity contribution < 1.29 is 14.3 Å². The van der Waals surface area contributed by atoms with Crippen molar-refractivity contribution in [3.05, 3.63) is 0 Å². The van der Waals surface area contributed by atoms with Gasteiger partial charge in [-0.25, -0.2) is 0 Å². The molecule has 0 bridgehead atoms. The van der Waals surface area contributed by atoms with Gasteiger partial charge >= 0.3 is 0 Å². The quantitative estimate of drug-likeness (QED) is 0.708. The summed E-state index contributed by atoms with van der Waals surface area (Å²) in [5, 5.41) is 0. The highest BCUT2D eigenvalue weighted by molar-refractivity contribution is 5.85. The maximum absolute atomic E-state index is 12.1. The molecule has 20 heavy (non-hydrogen) atoms. The van der Waals surface area contributed by atoms with Crippen molar-refractivity contribution >= 4 is 11.6 Å². The Morgan fingerprint density at radius 2 is 1.45 bits per heavy atom. The molecule has 0 aromatic rings. The maximum Gasteiger partial charge on any atom is 0.158 e. The fourth-order valence-corrected chi connectivity index (χ4v) is 1.74. The Morgan fingerprint density at radius 1 is 0.950 bits per heavy atom. The van der Waals surface area contributed by atoms with E-state index in [2.05, 4.69) is 13.8 Å². The molecule has 0 heterocycles. The first-order chi connectivity index (χ1) is 8.83. The molecule has 0 N–H and O–H groups in total. The number of Topliss-reactive ketones (excluding diaryl/α,β-unsaturated/α-hetero) is 2. The van der Waals surface area contributed by atoms with Gasteiger partial charge in [-0.05, 0) is 32.6 Å². The smallest absolute Gasteiger partial charge is 0.158 e. The van der Waals surface area contributed by atoms with Gasteiger partial charge in [0, 0.05) is 18.3 Å². The summed E-state index contributed by atoms with van der Waals surface area (Å²) in [5.74, 6) is 0.735. The molecule has 0 aliphatic rings. The molecule has 0 saturated heterocycles. The van der Waals surface area contributed by atoms with Gasteiger partial charge < -0.3 is 4.74 Å². The number of rotatable bonds is 7. The minimum Gasteiger partial charge on any atom is -0.368 e. The average Bonchev–Trinajstić information content (AvgIpc) is 2.22. The van der Waals surface area contributed by atoms with Gasteiger partial charge in [0.05, 0.1) is 5.60 Å². The fraction of sp³-hybridized carbons (Fsp3) is 0.882. The third-order valence-electron chi connectivity index (χ3n) is 3.38. The second-order valence-electron chi connectivity index (χ2n) is 8.03. The minimum absolute atomic E-state index is 0.0836. The van der Waals surface area contributed by atoms with Crippen molar-refractivity contribution in [3.63, 3.8) is 0 Å². The van der Waals surface area contributed by atoms with Crippen molar-refractivity contribution in [3.8, 4) is 0 Å². The van der Waals surface area contributed by atoms with E-state index in [1.807, 2.05) is 41.5 Å². The zero-order chi connectivity index (χ0) is 16.1. The second kappa shape index (κ2) is 7.35. The van der Waals surface area contributed by atoms with Gasteiger partial charge in [-0.1, -0.05) is 34.6 Å². The van der Waals surface area contributed by atoms with Crippen LogP contribution in [-0.2, 0) is 14.3 Å². The number of hydrogen-bond donors (Lipinski definition) is 0. The Hall–Kier alpha value is -0.700. The van der Waals surface area contributed by atoms with Gasteiger partial charge in [0.2, 0.25) is 0 Å². The monoisotopic (exact) mass is 284 g/mol. The van der Waals surface area contributed by atoms with E-state index in [4.69, 9.17) is 4.74 Å². The number of hydrogen-bond acceptors (Lipinski definition) is 3. The zero-order valence-electron chi connectivity index (χ0n) is 14.5. The van der Waals surface area contributed by atoms with Gasteiger partial charge in [-0.2, -0.15) is 0 Å². The molecule has 118 valence electrons. The number of carbonyl (C=O) groups excluding carboxylic acids is 2. The van der Waals surface area contributed by atoms with E-state index in [1.54, 1.807) is 0 Å². The van der Waals surface area contributed by atoms with Gasteiger partial charge in [0.15, 0.2) is 5.78 Å². The van der Waals surface area contributed by atoms with E-state index < -0.39 is 0 Å². The van der Waals surface area contributed by atoms with E-state index in [0.717, 1.165) is 0 Å². The topological polar surface area (TPSA) is 43.4 Å². The molecular weight excluding hydrogens is 252 g/mol. The molecule has 0 rings (SSSR count). The Labute approximate surface area is 124 Å². The fourth-order valence-electron chi connectivity index (χ4n) is 1.74. The Bertz CT molecular complexity index is 329. The molecule has 3 heteroatoms. The second-order valence-corrected chi connectivity index (χ2v) is 8.03. The summed E-state index contributed by atoms with van der Waals surface area (Å²) >= 11 is 0. The van der Waals surface area contributed by atoms with Gasteiger partial charge in [-0.15, -0.1) is 0 Å². The molecule has 0 amide bonds. The lowest BCUT2D eigenvalue weighted by Gasteiger charge is -2.25. The molecule has 0 radical (unpaired) electrons. The van der Waals surface area contributed by atoms with Crippen LogP contribution in [0.1, 0.15) is 68.2 Å². The van der Waals surface area contributed by atoms with Crippen LogP contribution in [0.15, 0.2) is 0 Å². The molecule has 0 fully saturated rings. The summed E-state index contributed by atoms with van der Waals surface area (Å²) in [6.07, 6.45) is 0.901. The first-order valence-electron chi connectivity index (χ1n) is 7.52. The molecule has 0 aliphatic carbocycles.